The average Bonchev–Trinajstić information content (AvgIpc) is 2.68. The number of nitrogens with two attached hydrogens (primary N) is 1. The Morgan fingerprint density at radius 3 is 3.00 bits per heavy atom. The second-order valence-corrected chi connectivity index (χ2v) is 4.54. The summed E-state index contributed by atoms with van der Waals surface area (Å²) in [5.41, 5.74) is 6.82. The predicted octanol–water partition coefficient (Wildman–Crippen LogP) is 0.629. The van der Waals surface area contributed by atoms with Gasteiger partial charge in [0.15, 0.2) is 0 Å². The molecule has 0 radical (unpaired) electrons. The highest BCUT2D eigenvalue weighted by Gasteiger charge is 2.26. The number of para-hydroxylation sites is 1. The van der Waals surface area contributed by atoms with E-state index >= 15 is 0 Å². The third-order valence-corrected chi connectivity index (χ3v) is 3.23. The second kappa shape index (κ2) is 3.87. The number of fused-ring (bicyclic) bond motifs is 3. The van der Waals surface area contributed by atoms with Gasteiger partial charge in [0.1, 0.15) is 5.69 Å². The minimum absolute atomic E-state index is 0.149. The van der Waals surface area contributed by atoms with Crippen molar-refractivity contribution < 1.29 is 9.59 Å². The minimum atomic E-state index is -0.403. The van der Waals surface area contributed by atoms with Crippen LogP contribution in [0.1, 0.15) is 16.9 Å². The Labute approximate surface area is 104 Å². The van der Waals surface area contributed by atoms with E-state index in [-0.39, 0.29) is 18.4 Å². The summed E-state index contributed by atoms with van der Waals surface area (Å²) in [5, 5.41) is 3.83. The maximum atomic E-state index is 12.0. The molecule has 1 aliphatic rings. The summed E-state index contributed by atoms with van der Waals surface area (Å²) in [5.74, 6) is -0.552. The van der Waals surface area contributed by atoms with E-state index in [1.807, 2.05) is 34.9 Å². The SMILES string of the molecule is NC(=O)CC1Cn2c(cc3ccccc32)C(=O)N1. The molecule has 0 bridgehead atoms. The number of aromatic nitrogens is 1. The molecule has 5 heteroatoms. The Hall–Kier alpha value is -2.30. The van der Waals surface area contributed by atoms with E-state index in [4.69, 9.17) is 5.73 Å². The van der Waals surface area contributed by atoms with Gasteiger partial charge in [-0.2, -0.15) is 0 Å². The van der Waals surface area contributed by atoms with Crippen molar-refractivity contribution in [1.82, 2.24) is 9.88 Å². The summed E-state index contributed by atoms with van der Waals surface area (Å²) in [4.78, 5) is 22.9. The molecule has 92 valence electrons. The van der Waals surface area contributed by atoms with Crippen molar-refractivity contribution in [3.63, 3.8) is 0 Å². The molecule has 1 aromatic carbocycles. The monoisotopic (exact) mass is 243 g/mol. The number of hydrogen-bond donors (Lipinski definition) is 2. The van der Waals surface area contributed by atoms with E-state index in [2.05, 4.69) is 5.32 Å². The molecule has 0 saturated carbocycles. The van der Waals surface area contributed by atoms with Gasteiger partial charge in [-0.25, -0.2) is 0 Å². The fraction of sp³-hybridized carbons (Fsp3) is 0.231. The number of rotatable bonds is 2. The quantitative estimate of drug-likeness (QED) is 0.811. The summed E-state index contributed by atoms with van der Waals surface area (Å²) in [6.07, 6.45) is 0.164. The smallest absolute Gasteiger partial charge is 0.268 e. The predicted molar refractivity (Wildman–Crippen MR) is 67.0 cm³/mol. The maximum Gasteiger partial charge on any atom is 0.268 e. The fourth-order valence-electron chi connectivity index (χ4n) is 2.48. The number of hydrogen-bond acceptors (Lipinski definition) is 2. The molecule has 18 heavy (non-hydrogen) atoms. The van der Waals surface area contributed by atoms with Crippen LogP contribution in [0.5, 0.6) is 0 Å². The van der Waals surface area contributed by atoms with E-state index in [9.17, 15) is 9.59 Å². The van der Waals surface area contributed by atoms with Crippen molar-refractivity contribution in [1.29, 1.82) is 0 Å². The Bertz CT molecular complexity index is 645. The summed E-state index contributed by atoms with van der Waals surface area (Å²) in [7, 11) is 0. The van der Waals surface area contributed by atoms with Crippen LogP contribution < -0.4 is 11.1 Å². The van der Waals surface area contributed by atoms with Crippen molar-refractivity contribution in [3.05, 3.63) is 36.0 Å². The van der Waals surface area contributed by atoms with Crippen molar-refractivity contribution in [2.24, 2.45) is 5.73 Å². The lowest BCUT2D eigenvalue weighted by Gasteiger charge is -2.25. The number of carbonyl (C=O) groups excluding carboxylic acids is 2. The van der Waals surface area contributed by atoms with Gasteiger partial charge in [-0.3, -0.25) is 9.59 Å². The van der Waals surface area contributed by atoms with Crippen LogP contribution in [0.15, 0.2) is 30.3 Å². The molecule has 1 unspecified atom stereocenters. The van der Waals surface area contributed by atoms with Gasteiger partial charge in [0.25, 0.3) is 5.91 Å². The van der Waals surface area contributed by atoms with Gasteiger partial charge in [0.05, 0.1) is 6.04 Å². The van der Waals surface area contributed by atoms with Crippen LogP contribution in [0.2, 0.25) is 0 Å². The van der Waals surface area contributed by atoms with Crippen molar-refractivity contribution >= 4 is 22.7 Å². The summed E-state index contributed by atoms with van der Waals surface area (Å²) in [6, 6.07) is 9.46. The van der Waals surface area contributed by atoms with Crippen LogP contribution in [0.4, 0.5) is 0 Å². The summed E-state index contributed by atoms with van der Waals surface area (Å²) < 4.78 is 1.95. The summed E-state index contributed by atoms with van der Waals surface area (Å²) in [6.45, 7) is 0.581. The first-order valence-corrected chi connectivity index (χ1v) is 5.82. The maximum absolute atomic E-state index is 12.0. The molecule has 0 spiro atoms. The van der Waals surface area contributed by atoms with Gasteiger partial charge in [-0.05, 0) is 12.1 Å². The molecule has 2 aromatic rings. The zero-order chi connectivity index (χ0) is 12.7. The first-order chi connectivity index (χ1) is 8.65. The molecule has 2 amide bonds. The lowest BCUT2D eigenvalue weighted by atomic mass is 10.1. The van der Waals surface area contributed by atoms with E-state index in [0.717, 1.165) is 10.9 Å². The molecule has 3 N–H and O–H groups in total. The van der Waals surface area contributed by atoms with Crippen LogP contribution >= 0.6 is 0 Å². The van der Waals surface area contributed by atoms with Crippen LogP contribution in [-0.2, 0) is 11.3 Å². The molecule has 1 aliphatic heterocycles. The van der Waals surface area contributed by atoms with Gasteiger partial charge < -0.3 is 15.6 Å². The highest BCUT2D eigenvalue weighted by Crippen LogP contribution is 2.23. The molecule has 5 nitrogen and oxygen atoms in total. The number of nitrogens with zero attached hydrogens (tertiary/aromatic N) is 1. The third-order valence-electron chi connectivity index (χ3n) is 3.23. The molecule has 2 heterocycles. The Morgan fingerprint density at radius 2 is 2.22 bits per heavy atom. The molecule has 0 saturated heterocycles. The van der Waals surface area contributed by atoms with Gasteiger partial charge in [-0.15, -0.1) is 0 Å². The van der Waals surface area contributed by atoms with Gasteiger partial charge >= 0.3 is 0 Å². The zero-order valence-electron chi connectivity index (χ0n) is 9.72. The Kier molecular flexibility index (Phi) is 2.33. The topological polar surface area (TPSA) is 77.1 Å². The molecule has 0 aliphatic carbocycles. The largest absolute Gasteiger partial charge is 0.370 e. The van der Waals surface area contributed by atoms with E-state index in [0.29, 0.717) is 12.2 Å². The lowest BCUT2D eigenvalue weighted by molar-refractivity contribution is -0.118. The van der Waals surface area contributed by atoms with E-state index in [1.54, 1.807) is 0 Å². The van der Waals surface area contributed by atoms with Crippen LogP contribution in [0.25, 0.3) is 10.9 Å². The first-order valence-electron chi connectivity index (χ1n) is 5.82. The van der Waals surface area contributed by atoms with Crippen molar-refractivity contribution in [3.8, 4) is 0 Å². The average molecular weight is 243 g/mol. The highest BCUT2D eigenvalue weighted by molar-refractivity contribution is 5.99. The fourth-order valence-corrected chi connectivity index (χ4v) is 2.48. The normalized spacial score (nSPS) is 18.4. The van der Waals surface area contributed by atoms with E-state index in [1.165, 1.54) is 0 Å². The second-order valence-electron chi connectivity index (χ2n) is 4.54. The molecular formula is C13H13N3O2. The van der Waals surface area contributed by atoms with Gasteiger partial charge in [0, 0.05) is 23.9 Å². The van der Waals surface area contributed by atoms with Crippen molar-refractivity contribution in [2.45, 2.75) is 19.0 Å². The third kappa shape index (κ3) is 1.64. The van der Waals surface area contributed by atoms with Crippen LogP contribution in [0, 0.1) is 0 Å². The zero-order valence-corrected chi connectivity index (χ0v) is 9.72. The van der Waals surface area contributed by atoms with Gasteiger partial charge in [-0.1, -0.05) is 18.2 Å². The Morgan fingerprint density at radius 1 is 1.44 bits per heavy atom. The standard InChI is InChI=1S/C13H13N3O2/c14-12(17)6-9-7-16-10-4-2-1-3-8(10)5-11(16)13(18)15-9/h1-5,9H,6-7H2,(H2,14,17)(H,15,18). The molecule has 3 rings (SSSR count). The molecular weight excluding hydrogens is 230 g/mol. The Balaban J connectivity index is 2.06. The number of carbonyl (C=O) groups is 2. The number of nitrogens with one attached hydrogen (secondary N) is 1. The van der Waals surface area contributed by atoms with Gasteiger partial charge in [0.2, 0.25) is 5.91 Å². The lowest BCUT2D eigenvalue weighted by Crippen LogP contribution is -2.45. The summed E-state index contributed by atoms with van der Waals surface area (Å²) >= 11 is 0. The van der Waals surface area contributed by atoms with Crippen LogP contribution in [-0.4, -0.2) is 22.4 Å². The highest BCUT2D eigenvalue weighted by atomic mass is 16.2. The first kappa shape index (κ1) is 10.8. The molecule has 0 fully saturated rings. The minimum Gasteiger partial charge on any atom is -0.370 e. The molecule has 1 aromatic heterocycles. The van der Waals surface area contributed by atoms with Crippen LogP contribution in [0.3, 0.4) is 0 Å². The van der Waals surface area contributed by atoms with E-state index < -0.39 is 5.91 Å². The molecule has 1 atom stereocenters. The number of primary amides is 1. The van der Waals surface area contributed by atoms with Crippen molar-refractivity contribution in [2.75, 3.05) is 0 Å². The number of benzene rings is 1. The number of amides is 2.